The summed E-state index contributed by atoms with van der Waals surface area (Å²) >= 11 is 5.92. The molecule has 3 N–H and O–H groups in total. The van der Waals surface area contributed by atoms with Crippen molar-refractivity contribution in [1.29, 1.82) is 0 Å². The van der Waals surface area contributed by atoms with Crippen molar-refractivity contribution < 1.29 is 9.53 Å². The Morgan fingerprint density at radius 1 is 1.47 bits per heavy atom. The molecule has 19 heavy (non-hydrogen) atoms. The topological polar surface area (TPSA) is 64.3 Å². The summed E-state index contributed by atoms with van der Waals surface area (Å²) in [6.45, 7) is 0.440. The van der Waals surface area contributed by atoms with Crippen molar-refractivity contribution in [2.24, 2.45) is 11.7 Å². The highest BCUT2D eigenvalue weighted by Gasteiger charge is 2.31. The Bertz CT molecular complexity index is 425. The summed E-state index contributed by atoms with van der Waals surface area (Å²) in [5.41, 5.74) is 5.62. The smallest absolute Gasteiger partial charge is 0.258 e. The first-order valence-electron chi connectivity index (χ1n) is 6.07. The summed E-state index contributed by atoms with van der Waals surface area (Å²) in [5, 5.41) is 3.39. The minimum absolute atomic E-state index is 0. The number of hydrogen-bond acceptors (Lipinski definition) is 3. The number of halogens is 2. The minimum atomic E-state index is -0.155. The monoisotopic (exact) mass is 304 g/mol. The van der Waals surface area contributed by atoms with Gasteiger partial charge in [0.2, 0.25) is 0 Å². The molecule has 1 fully saturated rings. The third-order valence-electron chi connectivity index (χ3n) is 2.99. The summed E-state index contributed by atoms with van der Waals surface area (Å²) in [7, 11) is 0. The molecule has 4 nitrogen and oxygen atoms in total. The average molecular weight is 305 g/mol. The second-order valence-electron chi connectivity index (χ2n) is 4.47. The van der Waals surface area contributed by atoms with Gasteiger partial charge in [0.05, 0.1) is 5.02 Å². The number of benzene rings is 1. The van der Waals surface area contributed by atoms with E-state index in [1.54, 1.807) is 12.1 Å². The van der Waals surface area contributed by atoms with Gasteiger partial charge in [-0.15, -0.1) is 12.4 Å². The van der Waals surface area contributed by atoms with Crippen LogP contribution in [0.15, 0.2) is 24.3 Å². The van der Waals surface area contributed by atoms with Crippen LogP contribution in [0.25, 0.3) is 0 Å². The number of rotatable bonds is 6. The van der Waals surface area contributed by atoms with Gasteiger partial charge in [0, 0.05) is 12.6 Å². The third-order valence-corrected chi connectivity index (χ3v) is 3.30. The number of nitrogens with one attached hydrogen (secondary N) is 1. The van der Waals surface area contributed by atoms with Gasteiger partial charge in [-0.2, -0.15) is 0 Å². The fraction of sp³-hybridized carbons (Fsp3) is 0.462. The van der Waals surface area contributed by atoms with Gasteiger partial charge < -0.3 is 15.8 Å². The highest BCUT2D eigenvalue weighted by molar-refractivity contribution is 6.32. The lowest BCUT2D eigenvalue weighted by molar-refractivity contribution is -0.123. The van der Waals surface area contributed by atoms with Gasteiger partial charge in [0.25, 0.3) is 5.91 Å². The lowest BCUT2D eigenvalue weighted by Gasteiger charge is -2.16. The van der Waals surface area contributed by atoms with E-state index >= 15 is 0 Å². The van der Waals surface area contributed by atoms with Crippen LogP contribution < -0.4 is 15.8 Å². The first kappa shape index (κ1) is 16.1. The van der Waals surface area contributed by atoms with Crippen molar-refractivity contribution in [3.8, 4) is 5.75 Å². The number of para-hydroxylation sites is 1. The van der Waals surface area contributed by atoms with Crippen LogP contribution in [0.2, 0.25) is 5.02 Å². The van der Waals surface area contributed by atoms with E-state index in [0.29, 0.717) is 23.2 Å². The van der Waals surface area contributed by atoms with Crippen LogP contribution in [0.3, 0.4) is 0 Å². The van der Waals surface area contributed by atoms with Gasteiger partial charge >= 0.3 is 0 Å². The second kappa shape index (κ2) is 7.58. The molecule has 0 heterocycles. The lowest BCUT2D eigenvalue weighted by Crippen LogP contribution is -2.43. The van der Waals surface area contributed by atoms with E-state index in [1.165, 1.54) is 0 Å². The number of ether oxygens (including phenoxy) is 1. The number of carbonyl (C=O) groups is 1. The van der Waals surface area contributed by atoms with Crippen LogP contribution in [-0.4, -0.2) is 25.1 Å². The quantitative estimate of drug-likeness (QED) is 0.845. The summed E-state index contributed by atoms with van der Waals surface area (Å²) in [6.07, 6.45) is 2.29. The van der Waals surface area contributed by atoms with Gasteiger partial charge in [-0.1, -0.05) is 23.7 Å². The van der Waals surface area contributed by atoms with Crippen LogP contribution in [-0.2, 0) is 4.79 Å². The SMILES string of the molecule is Cl.NCC(NC(=O)COc1ccccc1Cl)C1CC1. The van der Waals surface area contributed by atoms with Gasteiger partial charge in [0.15, 0.2) is 6.61 Å². The van der Waals surface area contributed by atoms with Crippen molar-refractivity contribution in [1.82, 2.24) is 5.32 Å². The normalized spacial score (nSPS) is 15.3. The largest absolute Gasteiger partial charge is 0.482 e. The van der Waals surface area contributed by atoms with Crippen molar-refractivity contribution in [3.05, 3.63) is 29.3 Å². The van der Waals surface area contributed by atoms with E-state index in [0.717, 1.165) is 12.8 Å². The molecule has 1 aromatic rings. The molecule has 1 amide bonds. The number of amides is 1. The Balaban J connectivity index is 0.00000180. The molecule has 1 aromatic carbocycles. The Labute approximate surface area is 124 Å². The van der Waals surface area contributed by atoms with Gasteiger partial charge in [-0.05, 0) is 30.9 Å². The van der Waals surface area contributed by atoms with E-state index in [2.05, 4.69) is 5.32 Å². The van der Waals surface area contributed by atoms with E-state index in [4.69, 9.17) is 22.1 Å². The molecule has 0 aromatic heterocycles. The van der Waals surface area contributed by atoms with Crippen LogP contribution in [0.5, 0.6) is 5.75 Å². The molecule has 106 valence electrons. The summed E-state index contributed by atoms with van der Waals surface area (Å²) < 4.78 is 5.36. The Kier molecular flexibility index (Phi) is 6.42. The molecule has 2 rings (SSSR count). The Morgan fingerprint density at radius 3 is 2.74 bits per heavy atom. The molecular weight excluding hydrogens is 287 g/mol. The van der Waals surface area contributed by atoms with Crippen LogP contribution in [0.4, 0.5) is 0 Å². The van der Waals surface area contributed by atoms with Crippen LogP contribution in [0.1, 0.15) is 12.8 Å². The standard InChI is InChI=1S/C13H17ClN2O2.ClH/c14-10-3-1-2-4-12(10)18-8-13(17)16-11(7-15)9-5-6-9;/h1-4,9,11H,5-8,15H2,(H,16,17);1H. The molecule has 1 saturated carbocycles. The number of nitrogens with two attached hydrogens (primary N) is 1. The second-order valence-corrected chi connectivity index (χ2v) is 4.87. The summed E-state index contributed by atoms with van der Waals surface area (Å²) in [6, 6.07) is 7.16. The van der Waals surface area contributed by atoms with Crippen molar-refractivity contribution in [2.75, 3.05) is 13.2 Å². The van der Waals surface area contributed by atoms with E-state index in [1.807, 2.05) is 12.1 Å². The molecule has 1 unspecified atom stereocenters. The van der Waals surface area contributed by atoms with E-state index < -0.39 is 0 Å². The molecule has 1 atom stereocenters. The van der Waals surface area contributed by atoms with Crippen LogP contribution >= 0.6 is 24.0 Å². The number of hydrogen-bond donors (Lipinski definition) is 2. The summed E-state index contributed by atoms with van der Waals surface area (Å²) in [4.78, 5) is 11.7. The maximum absolute atomic E-state index is 11.7. The molecule has 0 aliphatic heterocycles. The van der Waals surface area contributed by atoms with Crippen molar-refractivity contribution in [2.45, 2.75) is 18.9 Å². The minimum Gasteiger partial charge on any atom is -0.482 e. The predicted octanol–water partition coefficient (Wildman–Crippen LogP) is 1.99. The first-order chi connectivity index (χ1) is 8.70. The highest BCUT2D eigenvalue weighted by atomic mass is 35.5. The third kappa shape index (κ3) is 4.90. The molecule has 0 saturated heterocycles. The van der Waals surface area contributed by atoms with Gasteiger partial charge in [-0.25, -0.2) is 0 Å². The zero-order chi connectivity index (χ0) is 13.0. The Hall–Kier alpha value is -0.970. The van der Waals surface area contributed by atoms with Gasteiger partial charge in [-0.3, -0.25) is 4.79 Å². The molecule has 0 bridgehead atoms. The molecule has 1 aliphatic rings. The molecule has 0 radical (unpaired) electrons. The van der Waals surface area contributed by atoms with Gasteiger partial charge in [0.1, 0.15) is 5.75 Å². The summed E-state index contributed by atoms with van der Waals surface area (Å²) in [5.74, 6) is 0.904. The number of carbonyl (C=O) groups excluding carboxylic acids is 1. The lowest BCUT2D eigenvalue weighted by atomic mass is 10.2. The predicted molar refractivity (Wildman–Crippen MR) is 77.9 cm³/mol. The fourth-order valence-corrected chi connectivity index (χ4v) is 2.01. The van der Waals surface area contributed by atoms with E-state index in [9.17, 15) is 4.79 Å². The zero-order valence-corrected chi connectivity index (χ0v) is 12.0. The fourth-order valence-electron chi connectivity index (χ4n) is 1.82. The maximum atomic E-state index is 11.7. The van der Waals surface area contributed by atoms with Crippen LogP contribution in [0, 0.1) is 5.92 Å². The zero-order valence-electron chi connectivity index (χ0n) is 10.5. The van der Waals surface area contributed by atoms with Crippen molar-refractivity contribution >= 4 is 29.9 Å². The average Bonchev–Trinajstić information content (AvgIpc) is 3.19. The molecule has 6 heteroatoms. The van der Waals surface area contributed by atoms with Crippen molar-refractivity contribution in [3.63, 3.8) is 0 Å². The maximum Gasteiger partial charge on any atom is 0.258 e. The highest BCUT2D eigenvalue weighted by Crippen LogP contribution is 2.32. The first-order valence-corrected chi connectivity index (χ1v) is 6.45. The molecular formula is C13H18Cl2N2O2. The Morgan fingerprint density at radius 2 is 2.16 bits per heavy atom. The van der Waals surface area contributed by atoms with E-state index in [-0.39, 0.29) is 31.0 Å². The molecule has 0 spiro atoms. The molecule has 1 aliphatic carbocycles.